The SMILES string of the molecule is O=C(/C=C\c1ccc(Cl)s1)NC1CCN(Cc2ccccc2)CC1. The van der Waals surface area contributed by atoms with Crippen LogP contribution in [-0.2, 0) is 11.3 Å². The van der Waals surface area contributed by atoms with E-state index in [1.54, 1.807) is 6.08 Å². The fourth-order valence-corrected chi connectivity index (χ4v) is 3.87. The van der Waals surface area contributed by atoms with Crippen LogP contribution in [0.25, 0.3) is 6.08 Å². The third-order valence-electron chi connectivity index (χ3n) is 4.18. The van der Waals surface area contributed by atoms with Gasteiger partial charge in [-0.1, -0.05) is 41.9 Å². The topological polar surface area (TPSA) is 32.3 Å². The monoisotopic (exact) mass is 360 g/mol. The summed E-state index contributed by atoms with van der Waals surface area (Å²) >= 11 is 7.35. The molecular weight excluding hydrogens is 340 g/mol. The summed E-state index contributed by atoms with van der Waals surface area (Å²) in [5.74, 6) is -0.0268. The van der Waals surface area contributed by atoms with Gasteiger partial charge in [-0.15, -0.1) is 11.3 Å². The lowest BCUT2D eigenvalue weighted by atomic mass is 10.0. The standard InChI is InChI=1S/C19H21ClN2OS/c20-18-8-6-17(24-18)7-9-19(23)21-16-10-12-22(13-11-16)14-15-4-2-1-3-5-15/h1-9,16H,10-14H2,(H,21,23)/b9-7-. The Morgan fingerprint density at radius 3 is 2.62 bits per heavy atom. The van der Waals surface area contributed by atoms with Crippen LogP contribution < -0.4 is 5.32 Å². The van der Waals surface area contributed by atoms with Crippen molar-refractivity contribution in [1.82, 2.24) is 10.2 Å². The number of hydrogen-bond donors (Lipinski definition) is 1. The Kier molecular flexibility index (Phi) is 6.07. The molecule has 0 aliphatic carbocycles. The van der Waals surface area contributed by atoms with Gasteiger partial charge >= 0.3 is 0 Å². The Hall–Kier alpha value is -1.62. The van der Waals surface area contributed by atoms with Gasteiger partial charge in [-0.25, -0.2) is 0 Å². The van der Waals surface area contributed by atoms with E-state index in [4.69, 9.17) is 11.6 Å². The number of hydrogen-bond acceptors (Lipinski definition) is 3. The van der Waals surface area contributed by atoms with Gasteiger partial charge in [0.25, 0.3) is 0 Å². The number of piperidine rings is 1. The third kappa shape index (κ3) is 5.20. The molecule has 0 unspecified atom stereocenters. The predicted octanol–water partition coefficient (Wildman–Crippen LogP) is 4.20. The molecule has 24 heavy (non-hydrogen) atoms. The molecule has 1 fully saturated rings. The fourth-order valence-electron chi connectivity index (χ4n) is 2.90. The van der Waals surface area contributed by atoms with Crippen LogP contribution in [0.4, 0.5) is 0 Å². The Balaban J connectivity index is 1.42. The van der Waals surface area contributed by atoms with Crippen molar-refractivity contribution >= 4 is 34.9 Å². The second-order valence-corrected chi connectivity index (χ2v) is 7.77. The molecule has 126 valence electrons. The van der Waals surface area contributed by atoms with E-state index in [1.165, 1.54) is 16.9 Å². The lowest BCUT2D eigenvalue weighted by Crippen LogP contribution is -2.43. The van der Waals surface area contributed by atoms with Crippen LogP contribution in [0, 0.1) is 0 Å². The average Bonchev–Trinajstić information content (AvgIpc) is 3.01. The molecule has 3 rings (SSSR count). The number of thiophene rings is 1. The van der Waals surface area contributed by atoms with Crippen molar-refractivity contribution in [3.63, 3.8) is 0 Å². The number of carbonyl (C=O) groups excluding carboxylic acids is 1. The zero-order chi connectivity index (χ0) is 16.8. The molecule has 2 aromatic rings. The van der Waals surface area contributed by atoms with Crippen molar-refractivity contribution in [2.75, 3.05) is 13.1 Å². The lowest BCUT2D eigenvalue weighted by Gasteiger charge is -2.32. The first-order valence-electron chi connectivity index (χ1n) is 8.19. The summed E-state index contributed by atoms with van der Waals surface area (Å²) in [7, 11) is 0. The highest BCUT2D eigenvalue weighted by Crippen LogP contribution is 2.22. The van der Waals surface area contributed by atoms with Crippen molar-refractivity contribution in [3.8, 4) is 0 Å². The molecule has 1 N–H and O–H groups in total. The minimum absolute atomic E-state index is 0.0268. The Bertz CT molecular complexity index is 690. The second kappa shape index (κ2) is 8.47. The highest BCUT2D eigenvalue weighted by atomic mass is 35.5. The van der Waals surface area contributed by atoms with Gasteiger partial charge in [0.1, 0.15) is 0 Å². The summed E-state index contributed by atoms with van der Waals surface area (Å²) < 4.78 is 0.737. The maximum absolute atomic E-state index is 12.0. The molecule has 0 radical (unpaired) electrons. The first-order valence-corrected chi connectivity index (χ1v) is 9.39. The van der Waals surface area contributed by atoms with E-state index < -0.39 is 0 Å². The zero-order valence-electron chi connectivity index (χ0n) is 13.5. The maximum Gasteiger partial charge on any atom is 0.244 e. The fraction of sp³-hybridized carbons (Fsp3) is 0.316. The molecule has 2 heterocycles. The van der Waals surface area contributed by atoms with Gasteiger partial charge in [0, 0.05) is 36.6 Å². The Labute approximate surface area is 151 Å². The molecule has 1 amide bonds. The minimum atomic E-state index is -0.0268. The normalized spacial score (nSPS) is 16.5. The predicted molar refractivity (Wildman–Crippen MR) is 101 cm³/mol. The molecular formula is C19H21ClN2OS. The molecule has 0 spiro atoms. The number of nitrogens with one attached hydrogen (secondary N) is 1. The number of benzene rings is 1. The van der Waals surface area contributed by atoms with Crippen LogP contribution in [0.5, 0.6) is 0 Å². The quantitative estimate of drug-likeness (QED) is 0.810. The molecule has 1 saturated heterocycles. The zero-order valence-corrected chi connectivity index (χ0v) is 15.0. The van der Waals surface area contributed by atoms with Crippen molar-refractivity contribution < 1.29 is 4.79 Å². The van der Waals surface area contributed by atoms with Gasteiger partial charge in [0.2, 0.25) is 5.91 Å². The number of amides is 1. The summed E-state index contributed by atoms with van der Waals surface area (Å²) in [6.07, 6.45) is 5.41. The van der Waals surface area contributed by atoms with Gasteiger partial charge in [-0.05, 0) is 36.6 Å². The molecule has 0 saturated carbocycles. The summed E-state index contributed by atoms with van der Waals surface area (Å²) in [6, 6.07) is 14.5. The summed E-state index contributed by atoms with van der Waals surface area (Å²) in [4.78, 5) is 15.5. The largest absolute Gasteiger partial charge is 0.350 e. The van der Waals surface area contributed by atoms with E-state index in [1.807, 2.05) is 24.3 Å². The first-order chi connectivity index (χ1) is 11.7. The third-order valence-corrected chi connectivity index (χ3v) is 5.37. The highest BCUT2D eigenvalue weighted by Gasteiger charge is 2.19. The first kappa shape index (κ1) is 17.2. The van der Waals surface area contributed by atoms with E-state index in [-0.39, 0.29) is 11.9 Å². The van der Waals surface area contributed by atoms with Crippen molar-refractivity contribution in [1.29, 1.82) is 0 Å². The van der Waals surface area contributed by atoms with Crippen LogP contribution in [0.1, 0.15) is 23.3 Å². The van der Waals surface area contributed by atoms with Gasteiger partial charge in [-0.2, -0.15) is 0 Å². The van der Waals surface area contributed by atoms with Crippen LogP contribution in [0.2, 0.25) is 4.34 Å². The molecule has 1 aromatic carbocycles. The minimum Gasteiger partial charge on any atom is -0.350 e. The van der Waals surface area contributed by atoms with Gasteiger partial charge < -0.3 is 5.32 Å². The molecule has 3 nitrogen and oxygen atoms in total. The second-order valence-electron chi connectivity index (χ2n) is 6.02. The average molecular weight is 361 g/mol. The van der Waals surface area contributed by atoms with E-state index in [0.717, 1.165) is 41.7 Å². The number of rotatable bonds is 5. The molecule has 0 atom stereocenters. The molecule has 1 aliphatic heterocycles. The van der Waals surface area contributed by atoms with Crippen LogP contribution in [0.3, 0.4) is 0 Å². The van der Waals surface area contributed by atoms with Crippen molar-refractivity contribution in [2.45, 2.75) is 25.4 Å². The van der Waals surface area contributed by atoms with Crippen molar-refractivity contribution in [3.05, 3.63) is 63.3 Å². The molecule has 1 aromatic heterocycles. The van der Waals surface area contributed by atoms with Crippen LogP contribution in [-0.4, -0.2) is 29.9 Å². The Morgan fingerprint density at radius 2 is 1.96 bits per heavy atom. The molecule has 5 heteroatoms. The van der Waals surface area contributed by atoms with Gasteiger partial charge in [0.05, 0.1) is 4.34 Å². The van der Waals surface area contributed by atoms with E-state index in [2.05, 4.69) is 34.5 Å². The van der Waals surface area contributed by atoms with Crippen LogP contribution >= 0.6 is 22.9 Å². The maximum atomic E-state index is 12.0. The number of likely N-dealkylation sites (tertiary alicyclic amines) is 1. The van der Waals surface area contributed by atoms with E-state index >= 15 is 0 Å². The van der Waals surface area contributed by atoms with Gasteiger partial charge in [0.15, 0.2) is 0 Å². The van der Waals surface area contributed by atoms with E-state index in [0.29, 0.717) is 0 Å². The highest BCUT2D eigenvalue weighted by molar-refractivity contribution is 7.17. The smallest absolute Gasteiger partial charge is 0.244 e. The Morgan fingerprint density at radius 1 is 1.21 bits per heavy atom. The number of halogens is 1. The van der Waals surface area contributed by atoms with Crippen molar-refractivity contribution in [2.24, 2.45) is 0 Å². The molecule has 0 bridgehead atoms. The molecule has 1 aliphatic rings. The summed E-state index contributed by atoms with van der Waals surface area (Å²) in [5.41, 5.74) is 1.34. The number of nitrogens with zero attached hydrogens (tertiary/aromatic N) is 1. The number of carbonyl (C=O) groups is 1. The lowest BCUT2D eigenvalue weighted by molar-refractivity contribution is -0.117. The van der Waals surface area contributed by atoms with E-state index in [9.17, 15) is 4.79 Å². The van der Waals surface area contributed by atoms with Crippen LogP contribution in [0.15, 0.2) is 48.5 Å². The van der Waals surface area contributed by atoms with Gasteiger partial charge in [-0.3, -0.25) is 9.69 Å². The summed E-state index contributed by atoms with van der Waals surface area (Å²) in [5, 5.41) is 3.10. The summed E-state index contributed by atoms with van der Waals surface area (Å²) in [6.45, 7) is 3.02.